The first-order valence-electron chi connectivity index (χ1n) is 12.7. The van der Waals surface area contributed by atoms with E-state index in [1.807, 2.05) is 19.9 Å². The molecule has 1 atom stereocenters. The van der Waals surface area contributed by atoms with E-state index in [-0.39, 0.29) is 17.3 Å². The number of benzene rings is 3. The number of rotatable bonds is 12. The average Bonchev–Trinajstić information content (AvgIpc) is 2.91. The maximum absolute atomic E-state index is 13.9. The van der Waals surface area contributed by atoms with Gasteiger partial charge in [-0.25, -0.2) is 12.8 Å². The van der Waals surface area contributed by atoms with Crippen LogP contribution in [0.1, 0.15) is 37.8 Å². The number of carbonyl (C=O) groups is 2. The zero-order valence-corrected chi connectivity index (χ0v) is 23.8. The Bertz CT molecular complexity index is 1380. The fourth-order valence-electron chi connectivity index (χ4n) is 4.12. The largest absolute Gasteiger partial charge is 0.354 e. The van der Waals surface area contributed by atoms with E-state index in [4.69, 9.17) is 11.6 Å². The summed E-state index contributed by atoms with van der Waals surface area (Å²) in [7, 11) is -4.18. The summed E-state index contributed by atoms with van der Waals surface area (Å²) in [5.41, 5.74) is 1.72. The molecule has 0 radical (unpaired) electrons. The number of amides is 2. The van der Waals surface area contributed by atoms with Crippen molar-refractivity contribution >= 4 is 39.1 Å². The van der Waals surface area contributed by atoms with Gasteiger partial charge < -0.3 is 10.2 Å². The zero-order chi connectivity index (χ0) is 28.6. The normalized spacial score (nSPS) is 12.0. The number of nitrogens with one attached hydrogen (secondary N) is 1. The molecule has 0 bridgehead atoms. The minimum atomic E-state index is -4.18. The Hall–Kier alpha value is -3.43. The molecule has 2 amide bonds. The van der Waals surface area contributed by atoms with Gasteiger partial charge in [0.1, 0.15) is 18.4 Å². The van der Waals surface area contributed by atoms with Gasteiger partial charge in [-0.3, -0.25) is 13.9 Å². The van der Waals surface area contributed by atoms with Crippen LogP contribution in [0.25, 0.3) is 0 Å². The number of hydrogen-bond donors (Lipinski definition) is 1. The molecule has 0 aliphatic heterocycles. The van der Waals surface area contributed by atoms with Gasteiger partial charge in [0.15, 0.2) is 0 Å². The zero-order valence-electron chi connectivity index (χ0n) is 22.2. The van der Waals surface area contributed by atoms with E-state index >= 15 is 0 Å². The lowest BCUT2D eigenvalue weighted by Gasteiger charge is -2.33. The molecule has 208 valence electrons. The summed E-state index contributed by atoms with van der Waals surface area (Å²) < 4.78 is 42.2. The summed E-state index contributed by atoms with van der Waals surface area (Å²) in [4.78, 5) is 28.3. The Morgan fingerprint density at radius 1 is 1.00 bits per heavy atom. The van der Waals surface area contributed by atoms with E-state index in [0.29, 0.717) is 35.7 Å². The minimum Gasteiger partial charge on any atom is -0.354 e. The quantitative estimate of drug-likeness (QED) is 0.318. The van der Waals surface area contributed by atoms with Crippen molar-refractivity contribution in [1.29, 1.82) is 0 Å². The lowest BCUT2D eigenvalue weighted by atomic mass is 10.1. The highest BCUT2D eigenvalue weighted by Crippen LogP contribution is 2.26. The van der Waals surface area contributed by atoms with Crippen LogP contribution in [0.4, 0.5) is 10.1 Å². The van der Waals surface area contributed by atoms with Crippen molar-refractivity contribution in [3.8, 4) is 0 Å². The van der Waals surface area contributed by atoms with Gasteiger partial charge in [-0.1, -0.05) is 49.7 Å². The lowest BCUT2D eigenvalue weighted by Crippen LogP contribution is -2.52. The fourth-order valence-corrected chi connectivity index (χ4v) is 5.65. The molecule has 7 nitrogen and oxygen atoms in total. The standard InChI is InChI=1S/C29H33ClFN3O4S/c1-4-17-32-29(36)27(5-2)33(19-22-9-13-24(31)14-10-22)28(35)20-34(25-8-6-7-21(3)18-25)39(37,38)26-15-11-23(30)12-16-26/h6-16,18,27H,4-5,17,19-20H2,1-3H3,(H,32,36)/t27-/m1/s1. The second kappa shape index (κ2) is 13.6. The van der Waals surface area contributed by atoms with Gasteiger partial charge in [-0.05, 0) is 79.4 Å². The van der Waals surface area contributed by atoms with Crippen molar-refractivity contribution in [3.05, 3.63) is 94.8 Å². The molecule has 39 heavy (non-hydrogen) atoms. The summed E-state index contributed by atoms with van der Waals surface area (Å²) in [6.07, 6.45) is 1.02. The summed E-state index contributed by atoms with van der Waals surface area (Å²) in [5.74, 6) is -1.33. The van der Waals surface area contributed by atoms with Crippen molar-refractivity contribution in [2.24, 2.45) is 0 Å². The van der Waals surface area contributed by atoms with E-state index in [0.717, 1.165) is 9.87 Å². The van der Waals surface area contributed by atoms with Crippen molar-refractivity contribution in [2.45, 2.75) is 51.1 Å². The average molecular weight is 574 g/mol. The van der Waals surface area contributed by atoms with Gasteiger partial charge in [-0.2, -0.15) is 0 Å². The minimum absolute atomic E-state index is 0.000184. The molecular weight excluding hydrogens is 541 g/mol. The first kappa shape index (κ1) is 30.1. The van der Waals surface area contributed by atoms with Crippen molar-refractivity contribution in [2.75, 3.05) is 17.4 Å². The van der Waals surface area contributed by atoms with Crippen LogP contribution < -0.4 is 9.62 Å². The van der Waals surface area contributed by atoms with Crippen LogP contribution in [0.15, 0.2) is 77.7 Å². The predicted octanol–water partition coefficient (Wildman–Crippen LogP) is 5.32. The van der Waals surface area contributed by atoms with Crippen molar-refractivity contribution in [1.82, 2.24) is 10.2 Å². The Kier molecular flexibility index (Phi) is 10.5. The number of carbonyl (C=O) groups excluding carboxylic acids is 2. The van der Waals surface area contributed by atoms with Crippen molar-refractivity contribution < 1.29 is 22.4 Å². The molecule has 3 aromatic carbocycles. The Morgan fingerprint density at radius 2 is 1.67 bits per heavy atom. The number of hydrogen-bond acceptors (Lipinski definition) is 4. The number of aryl methyl sites for hydroxylation is 1. The molecule has 1 N–H and O–H groups in total. The van der Waals surface area contributed by atoms with Crippen LogP contribution in [0.2, 0.25) is 5.02 Å². The van der Waals surface area contributed by atoms with Crippen LogP contribution >= 0.6 is 11.6 Å². The highest BCUT2D eigenvalue weighted by Gasteiger charge is 2.33. The SMILES string of the molecule is CCCNC(=O)[C@@H](CC)N(Cc1ccc(F)cc1)C(=O)CN(c1cccc(C)c1)S(=O)(=O)c1ccc(Cl)cc1. The van der Waals surface area contributed by atoms with Crippen LogP contribution in [-0.2, 0) is 26.2 Å². The number of nitrogens with zero attached hydrogens (tertiary/aromatic N) is 2. The molecule has 3 aromatic rings. The van der Waals surface area contributed by atoms with E-state index < -0.39 is 34.3 Å². The Balaban J connectivity index is 2.04. The maximum atomic E-state index is 13.9. The number of halogens is 2. The second-order valence-corrected chi connectivity index (χ2v) is 11.5. The molecule has 0 spiro atoms. The smallest absolute Gasteiger partial charge is 0.264 e. The van der Waals surface area contributed by atoms with E-state index in [1.165, 1.54) is 53.4 Å². The summed E-state index contributed by atoms with van der Waals surface area (Å²) in [6.45, 7) is 5.42. The van der Waals surface area contributed by atoms with Gasteiger partial charge in [0.05, 0.1) is 10.6 Å². The Labute approximate surface area is 234 Å². The molecule has 0 aliphatic carbocycles. The first-order chi connectivity index (χ1) is 18.6. The van der Waals surface area contributed by atoms with Gasteiger partial charge in [-0.15, -0.1) is 0 Å². The summed E-state index contributed by atoms with van der Waals surface area (Å²) >= 11 is 5.98. The summed E-state index contributed by atoms with van der Waals surface area (Å²) in [6, 6.07) is 17.3. The van der Waals surface area contributed by atoms with Gasteiger partial charge in [0.25, 0.3) is 10.0 Å². The third kappa shape index (κ3) is 7.80. The number of sulfonamides is 1. The van der Waals surface area contributed by atoms with E-state index in [1.54, 1.807) is 25.1 Å². The van der Waals surface area contributed by atoms with Gasteiger partial charge in [0, 0.05) is 18.1 Å². The second-order valence-electron chi connectivity index (χ2n) is 9.17. The van der Waals surface area contributed by atoms with Gasteiger partial charge >= 0.3 is 0 Å². The van der Waals surface area contributed by atoms with Crippen LogP contribution in [-0.4, -0.2) is 44.3 Å². The van der Waals surface area contributed by atoms with Crippen LogP contribution in [0, 0.1) is 12.7 Å². The molecular formula is C29H33ClFN3O4S. The van der Waals surface area contributed by atoms with Crippen LogP contribution in [0.3, 0.4) is 0 Å². The topological polar surface area (TPSA) is 86.8 Å². The molecule has 0 aliphatic rings. The number of anilines is 1. The molecule has 3 rings (SSSR count). The van der Waals surface area contributed by atoms with Crippen molar-refractivity contribution in [3.63, 3.8) is 0 Å². The highest BCUT2D eigenvalue weighted by molar-refractivity contribution is 7.92. The molecule has 0 saturated carbocycles. The lowest BCUT2D eigenvalue weighted by molar-refractivity contribution is -0.140. The molecule has 10 heteroatoms. The third-order valence-electron chi connectivity index (χ3n) is 6.17. The molecule has 0 saturated heterocycles. The molecule has 0 unspecified atom stereocenters. The summed E-state index contributed by atoms with van der Waals surface area (Å²) in [5, 5.41) is 3.21. The predicted molar refractivity (Wildman–Crippen MR) is 151 cm³/mol. The fraction of sp³-hybridized carbons (Fsp3) is 0.310. The Morgan fingerprint density at radius 3 is 2.26 bits per heavy atom. The van der Waals surface area contributed by atoms with E-state index in [2.05, 4.69) is 5.32 Å². The molecule has 0 fully saturated rings. The molecule has 0 heterocycles. The third-order valence-corrected chi connectivity index (χ3v) is 8.21. The van der Waals surface area contributed by atoms with Gasteiger partial charge in [0.2, 0.25) is 11.8 Å². The maximum Gasteiger partial charge on any atom is 0.264 e. The first-order valence-corrected chi connectivity index (χ1v) is 14.5. The molecule has 0 aromatic heterocycles. The van der Waals surface area contributed by atoms with Crippen LogP contribution in [0.5, 0.6) is 0 Å². The highest BCUT2D eigenvalue weighted by atomic mass is 35.5. The van der Waals surface area contributed by atoms with E-state index in [9.17, 15) is 22.4 Å². The monoisotopic (exact) mass is 573 g/mol.